The third-order valence-electron chi connectivity index (χ3n) is 3.85. The summed E-state index contributed by atoms with van der Waals surface area (Å²) in [5, 5.41) is 1.11. The Bertz CT molecular complexity index is 958. The third-order valence-corrected chi connectivity index (χ3v) is 3.85. The van der Waals surface area contributed by atoms with Crippen LogP contribution in [0.2, 0.25) is 0 Å². The summed E-state index contributed by atoms with van der Waals surface area (Å²) < 4.78 is 7.29. The van der Waals surface area contributed by atoms with Crippen molar-refractivity contribution in [2.75, 3.05) is 7.11 Å². The van der Waals surface area contributed by atoms with E-state index in [4.69, 9.17) is 4.74 Å². The fourth-order valence-corrected chi connectivity index (χ4v) is 2.68. The summed E-state index contributed by atoms with van der Waals surface area (Å²) in [6, 6.07) is 18.1. The van der Waals surface area contributed by atoms with Crippen molar-refractivity contribution in [1.29, 1.82) is 0 Å². The fraction of sp³-hybridized carbons (Fsp3) is 0.0526. The van der Waals surface area contributed by atoms with Gasteiger partial charge in [0.15, 0.2) is 0 Å². The van der Waals surface area contributed by atoms with Gasteiger partial charge in [-0.2, -0.15) is 0 Å². The van der Waals surface area contributed by atoms with Gasteiger partial charge in [0, 0.05) is 35.2 Å². The molecule has 0 aliphatic heterocycles. The number of hydrogen-bond acceptors (Lipinski definition) is 3. The Hall–Kier alpha value is -3.14. The Morgan fingerprint density at radius 3 is 2.61 bits per heavy atom. The van der Waals surface area contributed by atoms with Crippen LogP contribution < -0.4 is 4.74 Å². The van der Waals surface area contributed by atoms with Crippen LogP contribution in [0.25, 0.3) is 28.0 Å². The molecule has 0 aliphatic rings. The minimum atomic E-state index is 0.837. The van der Waals surface area contributed by atoms with Gasteiger partial charge in [0.2, 0.25) is 0 Å². The summed E-state index contributed by atoms with van der Waals surface area (Å²) in [6.07, 6.45) is 5.59. The van der Waals surface area contributed by atoms with E-state index in [0.29, 0.717) is 0 Å². The van der Waals surface area contributed by atoms with Crippen LogP contribution in [-0.4, -0.2) is 21.6 Å². The fourth-order valence-electron chi connectivity index (χ4n) is 2.68. The first-order chi connectivity index (χ1) is 11.3. The highest BCUT2D eigenvalue weighted by molar-refractivity contribution is 5.81. The molecule has 2 heterocycles. The Labute approximate surface area is 134 Å². The number of benzene rings is 2. The van der Waals surface area contributed by atoms with Crippen molar-refractivity contribution in [3.05, 3.63) is 73.2 Å². The van der Waals surface area contributed by atoms with Gasteiger partial charge in [-0.1, -0.05) is 6.07 Å². The van der Waals surface area contributed by atoms with E-state index >= 15 is 0 Å². The lowest BCUT2D eigenvalue weighted by Gasteiger charge is -2.09. The van der Waals surface area contributed by atoms with Crippen LogP contribution in [0.3, 0.4) is 0 Å². The predicted molar refractivity (Wildman–Crippen MR) is 90.9 cm³/mol. The largest absolute Gasteiger partial charge is 0.497 e. The Balaban J connectivity index is 1.81. The van der Waals surface area contributed by atoms with Crippen molar-refractivity contribution < 1.29 is 4.74 Å². The van der Waals surface area contributed by atoms with Crippen LogP contribution in [0.15, 0.2) is 73.2 Å². The van der Waals surface area contributed by atoms with Crippen LogP contribution in [0.1, 0.15) is 0 Å². The smallest absolute Gasteiger partial charge is 0.144 e. The Morgan fingerprint density at radius 2 is 1.78 bits per heavy atom. The van der Waals surface area contributed by atoms with Crippen molar-refractivity contribution >= 4 is 10.9 Å². The second-order valence-corrected chi connectivity index (χ2v) is 5.23. The molecule has 0 aliphatic carbocycles. The third kappa shape index (κ3) is 2.44. The molecule has 4 rings (SSSR count). The molecule has 112 valence electrons. The topological polar surface area (TPSA) is 39.9 Å². The van der Waals surface area contributed by atoms with E-state index in [0.717, 1.165) is 33.7 Å². The summed E-state index contributed by atoms with van der Waals surface area (Å²) in [5.41, 5.74) is 3.10. The second kappa shape index (κ2) is 5.57. The van der Waals surface area contributed by atoms with Crippen molar-refractivity contribution in [1.82, 2.24) is 14.5 Å². The molecule has 0 fully saturated rings. The first-order valence-corrected chi connectivity index (χ1v) is 7.38. The lowest BCUT2D eigenvalue weighted by molar-refractivity contribution is 0.415. The summed E-state index contributed by atoms with van der Waals surface area (Å²) in [4.78, 5) is 8.87. The number of imidazole rings is 1. The molecule has 4 aromatic rings. The predicted octanol–water partition coefficient (Wildman–Crippen LogP) is 4.10. The van der Waals surface area contributed by atoms with Gasteiger partial charge < -0.3 is 4.74 Å². The van der Waals surface area contributed by atoms with E-state index in [1.807, 2.05) is 55.0 Å². The summed E-state index contributed by atoms with van der Waals surface area (Å²) >= 11 is 0. The molecule has 23 heavy (non-hydrogen) atoms. The van der Waals surface area contributed by atoms with E-state index in [2.05, 4.69) is 32.7 Å². The molecule has 2 aromatic heterocycles. The maximum absolute atomic E-state index is 5.22. The molecule has 0 bridgehead atoms. The van der Waals surface area contributed by atoms with Crippen LogP contribution >= 0.6 is 0 Å². The number of nitrogens with zero attached hydrogens (tertiary/aromatic N) is 3. The van der Waals surface area contributed by atoms with Gasteiger partial charge in [-0.3, -0.25) is 9.55 Å². The molecule has 4 heteroatoms. The number of ether oxygens (including phenoxy) is 1. The molecule has 0 atom stereocenters. The molecule has 4 nitrogen and oxygen atoms in total. The first-order valence-electron chi connectivity index (χ1n) is 7.38. The second-order valence-electron chi connectivity index (χ2n) is 5.23. The Kier molecular flexibility index (Phi) is 3.27. The normalized spacial score (nSPS) is 10.8. The maximum Gasteiger partial charge on any atom is 0.144 e. The van der Waals surface area contributed by atoms with Crippen molar-refractivity contribution in [3.63, 3.8) is 0 Å². The van der Waals surface area contributed by atoms with Gasteiger partial charge >= 0.3 is 0 Å². The number of methoxy groups -OCH3 is 1. The van der Waals surface area contributed by atoms with Gasteiger partial charge in [0.25, 0.3) is 0 Å². The summed E-state index contributed by atoms with van der Waals surface area (Å²) in [5.74, 6) is 1.74. The number of hydrogen-bond donors (Lipinski definition) is 0. The van der Waals surface area contributed by atoms with Crippen LogP contribution in [0.4, 0.5) is 0 Å². The highest BCUT2D eigenvalue weighted by Crippen LogP contribution is 2.25. The minimum absolute atomic E-state index is 0.837. The van der Waals surface area contributed by atoms with Gasteiger partial charge in [-0.05, 0) is 48.5 Å². The summed E-state index contributed by atoms with van der Waals surface area (Å²) in [7, 11) is 1.67. The van der Waals surface area contributed by atoms with Gasteiger partial charge in [-0.15, -0.1) is 0 Å². The van der Waals surface area contributed by atoms with Crippen molar-refractivity contribution in [2.45, 2.75) is 0 Å². The van der Waals surface area contributed by atoms with Crippen molar-refractivity contribution in [3.8, 4) is 22.8 Å². The Morgan fingerprint density at radius 1 is 0.913 bits per heavy atom. The average Bonchev–Trinajstić information content (AvgIpc) is 3.11. The van der Waals surface area contributed by atoms with E-state index in [1.54, 1.807) is 7.11 Å². The molecule has 2 aromatic carbocycles. The molecule has 0 radical (unpaired) electrons. The van der Waals surface area contributed by atoms with Crippen molar-refractivity contribution in [2.24, 2.45) is 0 Å². The first kappa shape index (κ1) is 13.5. The van der Waals surface area contributed by atoms with Gasteiger partial charge in [0.05, 0.1) is 12.6 Å². The maximum atomic E-state index is 5.22. The number of aromatic nitrogens is 3. The number of fused-ring (bicyclic) bond motifs is 1. The zero-order chi connectivity index (χ0) is 15.6. The molecular formula is C19H15N3O. The SMILES string of the molecule is COc1ccc(-c2nccn2-c2ccc3ncccc3c2)cc1. The average molecular weight is 301 g/mol. The number of pyridine rings is 1. The highest BCUT2D eigenvalue weighted by atomic mass is 16.5. The molecule has 0 unspecified atom stereocenters. The highest BCUT2D eigenvalue weighted by Gasteiger charge is 2.08. The molecule has 0 spiro atoms. The summed E-state index contributed by atoms with van der Waals surface area (Å²) in [6.45, 7) is 0. The van der Waals surface area contributed by atoms with Crippen LogP contribution in [-0.2, 0) is 0 Å². The zero-order valence-corrected chi connectivity index (χ0v) is 12.7. The van der Waals surface area contributed by atoms with E-state index in [9.17, 15) is 0 Å². The quantitative estimate of drug-likeness (QED) is 0.572. The standard InChI is InChI=1S/C19H15N3O/c1-23-17-7-4-14(5-8-17)19-21-11-12-22(19)16-6-9-18-15(13-16)3-2-10-20-18/h2-13H,1H3. The van der Waals surface area contributed by atoms with Crippen LogP contribution in [0.5, 0.6) is 5.75 Å². The molecular weight excluding hydrogens is 286 g/mol. The minimum Gasteiger partial charge on any atom is -0.497 e. The van der Waals surface area contributed by atoms with Gasteiger partial charge in [-0.25, -0.2) is 4.98 Å². The monoisotopic (exact) mass is 301 g/mol. The lowest BCUT2D eigenvalue weighted by Crippen LogP contribution is -1.96. The zero-order valence-electron chi connectivity index (χ0n) is 12.7. The molecule has 0 amide bonds. The molecule has 0 saturated carbocycles. The van der Waals surface area contributed by atoms with E-state index < -0.39 is 0 Å². The van der Waals surface area contributed by atoms with E-state index in [-0.39, 0.29) is 0 Å². The van der Waals surface area contributed by atoms with Crippen LogP contribution in [0, 0.1) is 0 Å². The number of rotatable bonds is 3. The van der Waals surface area contributed by atoms with E-state index in [1.165, 1.54) is 0 Å². The molecule has 0 saturated heterocycles. The molecule has 0 N–H and O–H groups in total. The van der Waals surface area contributed by atoms with Gasteiger partial charge in [0.1, 0.15) is 11.6 Å². The lowest BCUT2D eigenvalue weighted by atomic mass is 10.1.